The molecule has 20 heavy (non-hydrogen) atoms. The summed E-state index contributed by atoms with van der Waals surface area (Å²) in [6, 6.07) is 10.3. The number of methoxy groups -OCH3 is 1. The Kier molecular flexibility index (Phi) is 4.51. The molecule has 3 heteroatoms. The van der Waals surface area contributed by atoms with Crippen LogP contribution in [0, 0.1) is 13.8 Å². The Hall–Kier alpha value is -2.16. The first-order chi connectivity index (χ1) is 9.61. The number of esters is 1. The van der Waals surface area contributed by atoms with E-state index in [1.165, 1.54) is 23.8 Å². The number of aromatic nitrogens is 1. The lowest BCUT2D eigenvalue weighted by atomic mass is 9.98. The van der Waals surface area contributed by atoms with Crippen molar-refractivity contribution < 1.29 is 9.53 Å². The molecule has 0 bridgehead atoms. The molecule has 2 aromatic rings. The molecule has 104 valence electrons. The molecule has 1 heterocycles. The predicted octanol–water partition coefficient (Wildman–Crippen LogP) is 3.47. The van der Waals surface area contributed by atoms with Gasteiger partial charge in [0.2, 0.25) is 0 Å². The van der Waals surface area contributed by atoms with E-state index in [-0.39, 0.29) is 5.97 Å². The lowest BCUT2D eigenvalue weighted by Crippen LogP contribution is -2.01. The normalized spacial score (nSPS) is 10.3. The van der Waals surface area contributed by atoms with Gasteiger partial charge in [0.1, 0.15) is 0 Å². The van der Waals surface area contributed by atoms with Gasteiger partial charge in [0.25, 0.3) is 0 Å². The third kappa shape index (κ3) is 3.23. The van der Waals surface area contributed by atoms with Crippen molar-refractivity contribution in [1.82, 2.24) is 4.98 Å². The molecule has 1 aromatic heterocycles. The van der Waals surface area contributed by atoms with Crippen molar-refractivity contribution >= 4 is 5.97 Å². The maximum atomic E-state index is 11.1. The standard InChI is InChI=1S/C17H19NO2/c1-12-13(2)18-11-10-16(12)15-7-4-14(5-8-15)6-9-17(19)20-3/h4-5,7-8,10-11H,6,9H2,1-3H3. The minimum Gasteiger partial charge on any atom is -0.469 e. The number of carbonyl (C=O) groups is 1. The molecule has 0 unspecified atom stereocenters. The van der Waals surface area contributed by atoms with E-state index < -0.39 is 0 Å². The molecule has 2 rings (SSSR count). The van der Waals surface area contributed by atoms with Crippen LogP contribution in [0.3, 0.4) is 0 Å². The van der Waals surface area contributed by atoms with E-state index in [2.05, 4.69) is 40.9 Å². The van der Waals surface area contributed by atoms with Crippen LogP contribution in [0.4, 0.5) is 0 Å². The second kappa shape index (κ2) is 6.33. The zero-order valence-corrected chi connectivity index (χ0v) is 12.1. The van der Waals surface area contributed by atoms with Gasteiger partial charge in [0, 0.05) is 18.3 Å². The lowest BCUT2D eigenvalue weighted by molar-refractivity contribution is -0.140. The first kappa shape index (κ1) is 14.3. The number of pyridine rings is 1. The van der Waals surface area contributed by atoms with Crippen molar-refractivity contribution in [3.8, 4) is 11.1 Å². The zero-order valence-electron chi connectivity index (χ0n) is 12.1. The average molecular weight is 269 g/mol. The monoisotopic (exact) mass is 269 g/mol. The van der Waals surface area contributed by atoms with E-state index in [0.717, 1.165) is 11.3 Å². The van der Waals surface area contributed by atoms with Gasteiger partial charge in [-0.25, -0.2) is 0 Å². The van der Waals surface area contributed by atoms with Crippen LogP contribution < -0.4 is 0 Å². The van der Waals surface area contributed by atoms with E-state index in [4.69, 9.17) is 0 Å². The second-order valence-corrected chi connectivity index (χ2v) is 4.84. The van der Waals surface area contributed by atoms with Crippen LogP contribution in [0.5, 0.6) is 0 Å². The van der Waals surface area contributed by atoms with Crippen molar-refractivity contribution in [2.45, 2.75) is 26.7 Å². The summed E-state index contributed by atoms with van der Waals surface area (Å²) in [5, 5.41) is 0. The SMILES string of the molecule is COC(=O)CCc1ccc(-c2ccnc(C)c2C)cc1. The molecule has 0 radical (unpaired) electrons. The molecule has 0 amide bonds. The summed E-state index contributed by atoms with van der Waals surface area (Å²) in [6.45, 7) is 4.10. The smallest absolute Gasteiger partial charge is 0.305 e. The van der Waals surface area contributed by atoms with Crippen LogP contribution >= 0.6 is 0 Å². The molecule has 0 saturated carbocycles. The fourth-order valence-electron chi connectivity index (χ4n) is 2.15. The Morgan fingerprint density at radius 3 is 2.50 bits per heavy atom. The van der Waals surface area contributed by atoms with E-state index in [0.29, 0.717) is 12.8 Å². The number of ether oxygens (including phenoxy) is 1. The third-order valence-electron chi connectivity index (χ3n) is 3.57. The minimum atomic E-state index is -0.172. The topological polar surface area (TPSA) is 39.2 Å². The van der Waals surface area contributed by atoms with Gasteiger partial charge >= 0.3 is 5.97 Å². The van der Waals surface area contributed by atoms with Gasteiger partial charge in [-0.2, -0.15) is 0 Å². The summed E-state index contributed by atoms with van der Waals surface area (Å²) in [5.74, 6) is -0.172. The molecular formula is C17H19NO2. The second-order valence-electron chi connectivity index (χ2n) is 4.84. The Morgan fingerprint density at radius 2 is 1.85 bits per heavy atom. The van der Waals surface area contributed by atoms with Gasteiger partial charge in [-0.3, -0.25) is 9.78 Å². The Balaban J connectivity index is 2.16. The Labute approximate surface area is 119 Å². The van der Waals surface area contributed by atoms with Crippen LogP contribution in [0.1, 0.15) is 23.2 Å². The van der Waals surface area contributed by atoms with Gasteiger partial charge in [-0.1, -0.05) is 24.3 Å². The molecule has 0 aliphatic rings. The summed E-state index contributed by atoms with van der Waals surface area (Å²) in [6.07, 6.45) is 2.97. The molecular weight excluding hydrogens is 250 g/mol. The van der Waals surface area contributed by atoms with Crippen molar-refractivity contribution in [2.24, 2.45) is 0 Å². The van der Waals surface area contributed by atoms with E-state index in [1.54, 1.807) is 0 Å². The fourth-order valence-corrected chi connectivity index (χ4v) is 2.15. The molecule has 0 spiro atoms. The van der Waals surface area contributed by atoms with Gasteiger partial charge in [-0.05, 0) is 48.6 Å². The number of nitrogens with zero attached hydrogens (tertiary/aromatic N) is 1. The van der Waals surface area contributed by atoms with Crippen LogP contribution in [0.25, 0.3) is 11.1 Å². The number of benzene rings is 1. The fraction of sp³-hybridized carbons (Fsp3) is 0.294. The highest BCUT2D eigenvalue weighted by Crippen LogP contribution is 2.24. The van der Waals surface area contributed by atoms with Crippen LogP contribution in [0.15, 0.2) is 36.5 Å². The van der Waals surface area contributed by atoms with Crippen molar-refractivity contribution in [3.05, 3.63) is 53.3 Å². The van der Waals surface area contributed by atoms with Gasteiger partial charge in [-0.15, -0.1) is 0 Å². The van der Waals surface area contributed by atoms with Gasteiger partial charge < -0.3 is 4.74 Å². The molecule has 1 aromatic carbocycles. The summed E-state index contributed by atoms with van der Waals surface area (Å²) in [4.78, 5) is 15.4. The first-order valence-corrected chi connectivity index (χ1v) is 6.70. The van der Waals surface area contributed by atoms with Crippen LogP contribution in [-0.4, -0.2) is 18.1 Å². The number of aryl methyl sites for hydroxylation is 2. The average Bonchev–Trinajstić information content (AvgIpc) is 2.48. The molecule has 3 nitrogen and oxygen atoms in total. The highest BCUT2D eigenvalue weighted by Gasteiger charge is 2.05. The third-order valence-corrected chi connectivity index (χ3v) is 3.57. The zero-order chi connectivity index (χ0) is 14.5. The summed E-state index contributed by atoms with van der Waals surface area (Å²) in [7, 11) is 1.42. The molecule has 0 fully saturated rings. The highest BCUT2D eigenvalue weighted by molar-refractivity contribution is 5.70. The maximum Gasteiger partial charge on any atom is 0.305 e. The molecule has 0 aliphatic heterocycles. The van der Waals surface area contributed by atoms with E-state index >= 15 is 0 Å². The maximum absolute atomic E-state index is 11.1. The predicted molar refractivity (Wildman–Crippen MR) is 79.5 cm³/mol. The van der Waals surface area contributed by atoms with Crippen molar-refractivity contribution in [1.29, 1.82) is 0 Å². The minimum absolute atomic E-state index is 0.172. The highest BCUT2D eigenvalue weighted by atomic mass is 16.5. The largest absolute Gasteiger partial charge is 0.469 e. The summed E-state index contributed by atoms with van der Waals surface area (Å²) in [5.41, 5.74) is 5.78. The van der Waals surface area contributed by atoms with Crippen LogP contribution in [-0.2, 0) is 16.0 Å². The molecule has 0 atom stereocenters. The summed E-state index contributed by atoms with van der Waals surface area (Å²) >= 11 is 0. The van der Waals surface area contributed by atoms with E-state index in [1.807, 2.05) is 19.2 Å². The lowest BCUT2D eigenvalue weighted by Gasteiger charge is -2.09. The number of carbonyl (C=O) groups excluding carboxylic acids is 1. The van der Waals surface area contributed by atoms with Gasteiger partial charge in [0.05, 0.1) is 7.11 Å². The van der Waals surface area contributed by atoms with Gasteiger partial charge in [0.15, 0.2) is 0 Å². The quantitative estimate of drug-likeness (QED) is 0.798. The summed E-state index contributed by atoms with van der Waals surface area (Å²) < 4.78 is 4.65. The number of rotatable bonds is 4. The number of hydrogen-bond donors (Lipinski definition) is 0. The van der Waals surface area contributed by atoms with Crippen molar-refractivity contribution in [2.75, 3.05) is 7.11 Å². The first-order valence-electron chi connectivity index (χ1n) is 6.70. The number of hydrogen-bond acceptors (Lipinski definition) is 3. The Bertz CT molecular complexity index is 603. The van der Waals surface area contributed by atoms with Crippen molar-refractivity contribution in [3.63, 3.8) is 0 Å². The van der Waals surface area contributed by atoms with Crippen LogP contribution in [0.2, 0.25) is 0 Å². The Morgan fingerprint density at radius 1 is 1.15 bits per heavy atom. The van der Waals surface area contributed by atoms with E-state index in [9.17, 15) is 4.79 Å². The molecule has 0 saturated heterocycles. The molecule has 0 N–H and O–H groups in total. The molecule has 0 aliphatic carbocycles.